The quantitative estimate of drug-likeness (QED) is 0.729. The van der Waals surface area contributed by atoms with Crippen LogP contribution in [0.1, 0.15) is 12.5 Å². The fourth-order valence-electron chi connectivity index (χ4n) is 1.44. The average Bonchev–Trinajstić information content (AvgIpc) is 2.12. The predicted octanol–water partition coefficient (Wildman–Crippen LogP) is 2.21. The van der Waals surface area contributed by atoms with Crippen molar-refractivity contribution in [3.8, 4) is 5.75 Å². The Morgan fingerprint density at radius 1 is 1.57 bits per heavy atom. The number of rotatable bonds is 3. The Morgan fingerprint density at radius 2 is 2.36 bits per heavy atom. The summed E-state index contributed by atoms with van der Waals surface area (Å²) in [5.41, 5.74) is 1.32. The Hall–Kier alpha value is -1.02. The van der Waals surface area contributed by atoms with E-state index in [4.69, 9.17) is 9.47 Å². The summed E-state index contributed by atoms with van der Waals surface area (Å²) in [5, 5.41) is 0. The smallest absolute Gasteiger partial charge is 0.119 e. The highest BCUT2D eigenvalue weighted by Crippen LogP contribution is 2.27. The van der Waals surface area contributed by atoms with E-state index in [-0.39, 0.29) is 5.41 Å². The lowest BCUT2D eigenvalue weighted by atomic mass is 9.90. The first-order chi connectivity index (χ1) is 6.68. The fourth-order valence-corrected chi connectivity index (χ4v) is 1.44. The van der Waals surface area contributed by atoms with Crippen LogP contribution >= 0.6 is 0 Å². The maximum Gasteiger partial charge on any atom is 0.119 e. The molecule has 0 amide bonds. The molecule has 0 bridgehead atoms. The van der Waals surface area contributed by atoms with E-state index in [1.165, 1.54) is 0 Å². The summed E-state index contributed by atoms with van der Waals surface area (Å²) in [5.74, 6) is 0.925. The zero-order valence-electron chi connectivity index (χ0n) is 8.67. The van der Waals surface area contributed by atoms with E-state index in [2.05, 4.69) is 13.0 Å². The van der Waals surface area contributed by atoms with Crippen molar-refractivity contribution in [2.75, 3.05) is 19.8 Å². The maximum atomic E-state index is 5.69. The van der Waals surface area contributed by atoms with E-state index in [1.54, 1.807) is 0 Å². The summed E-state index contributed by atoms with van der Waals surface area (Å²) in [4.78, 5) is 0. The van der Waals surface area contributed by atoms with Crippen LogP contribution in [0.3, 0.4) is 0 Å². The monoisotopic (exact) mass is 191 g/mol. The molecule has 1 aromatic rings. The van der Waals surface area contributed by atoms with E-state index in [9.17, 15) is 0 Å². The molecular weight excluding hydrogens is 176 g/mol. The zero-order chi connectivity index (χ0) is 10.0. The van der Waals surface area contributed by atoms with Crippen LogP contribution in [0.4, 0.5) is 0 Å². The number of benzene rings is 1. The number of hydrogen-bond acceptors (Lipinski definition) is 2. The lowest BCUT2D eigenvalue weighted by molar-refractivity contribution is -0.120. The summed E-state index contributed by atoms with van der Waals surface area (Å²) in [7, 11) is 0. The summed E-state index contributed by atoms with van der Waals surface area (Å²) in [6.45, 7) is 6.55. The van der Waals surface area contributed by atoms with Crippen LogP contribution in [0.2, 0.25) is 0 Å². The molecule has 0 atom stereocenters. The highest BCUT2D eigenvalue weighted by molar-refractivity contribution is 5.26. The summed E-state index contributed by atoms with van der Waals surface area (Å²) in [6, 6.07) is 8.93. The molecule has 0 spiro atoms. The third kappa shape index (κ3) is 2.07. The van der Waals surface area contributed by atoms with Crippen molar-refractivity contribution < 1.29 is 9.47 Å². The van der Waals surface area contributed by atoms with Gasteiger partial charge in [0, 0.05) is 5.41 Å². The zero-order valence-corrected chi connectivity index (χ0v) is 8.67. The first-order valence-corrected chi connectivity index (χ1v) is 4.87. The van der Waals surface area contributed by atoms with Crippen LogP contribution in [0.15, 0.2) is 18.2 Å². The summed E-state index contributed by atoms with van der Waals surface area (Å²) < 4.78 is 10.9. The third-order valence-electron chi connectivity index (χ3n) is 2.41. The van der Waals surface area contributed by atoms with Gasteiger partial charge in [0.15, 0.2) is 0 Å². The Labute approximate surface area is 84.8 Å². The molecule has 2 rings (SSSR count). The highest BCUT2D eigenvalue weighted by Gasteiger charge is 2.34. The van der Waals surface area contributed by atoms with Gasteiger partial charge in [0.25, 0.3) is 0 Å². The van der Waals surface area contributed by atoms with Gasteiger partial charge in [-0.2, -0.15) is 0 Å². The van der Waals surface area contributed by atoms with Gasteiger partial charge >= 0.3 is 0 Å². The van der Waals surface area contributed by atoms with Crippen LogP contribution in [0.25, 0.3) is 0 Å². The van der Waals surface area contributed by atoms with E-state index >= 15 is 0 Å². The van der Waals surface area contributed by atoms with Gasteiger partial charge in [-0.25, -0.2) is 0 Å². The van der Waals surface area contributed by atoms with Gasteiger partial charge in [0.2, 0.25) is 0 Å². The van der Waals surface area contributed by atoms with Gasteiger partial charge < -0.3 is 9.47 Å². The van der Waals surface area contributed by atoms with Crippen molar-refractivity contribution in [1.82, 2.24) is 0 Å². The van der Waals surface area contributed by atoms with Crippen LogP contribution in [-0.4, -0.2) is 19.8 Å². The van der Waals surface area contributed by atoms with Crippen molar-refractivity contribution >= 4 is 0 Å². The Bertz CT molecular complexity index is 316. The average molecular weight is 191 g/mol. The van der Waals surface area contributed by atoms with Crippen LogP contribution < -0.4 is 4.74 Å². The minimum Gasteiger partial charge on any atom is -0.493 e. The molecule has 1 aromatic carbocycles. The van der Waals surface area contributed by atoms with E-state index in [1.807, 2.05) is 25.1 Å². The van der Waals surface area contributed by atoms with Crippen molar-refractivity contribution in [2.24, 2.45) is 5.41 Å². The largest absolute Gasteiger partial charge is 0.493 e. The SMILES string of the molecule is Cc1[c]ccc(OCC2(C)COC2)c1. The molecular formula is C12H15O2. The van der Waals surface area contributed by atoms with Gasteiger partial charge in [0.05, 0.1) is 19.8 Å². The number of aryl methyl sites for hydroxylation is 1. The lowest BCUT2D eigenvalue weighted by Crippen LogP contribution is -2.44. The first-order valence-electron chi connectivity index (χ1n) is 4.87. The molecule has 0 aliphatic carbocycles. The molecule has 1 saturated heterocycles. The summed E-state index contributed by atoms with van der Waals surface area (Å²) in [6.07, 6.45) is 0. The molecule has 14 heavy (non-hydrogen) atoms. The van der Waals surface area contributed by atoms with Crippen molar-refractivity contribution in [1.29, 1.82) is 0 Å². The molecule has 75 valence electrons. The van der Waals surface area contributed by atoms with Crippen molar-refractivity contribution in [2.45, 2.75) is 13.8 Å². The Kier molecular flexibility index (Phi) is 2.46. The molecule has 0 N–H and O–H groups in total. The van der Waals surface area contributed by atoms with E-state index in [0.29, 0.717) is 0 Å². The van der Waals surface area contributed by atoms with Gasteiger partial charge in [-0.15, -0.1) is 0 Å². The molecule has 0 saturated carbocycles. The molecule has 1 radical (unpaired) electrons. The van der Waals surface area contributed by atoms with E-state index in [0.717, 1.165) is 31.1 Å². The molecule has 0 unspecified atom stereocenters. The molecule has 2 nitrogen and oxygen atoms in total. The van der Waals surface area contributed by atoms with Crippen LogP contribution in [-0.2, 0) is 4.74 Å². The van der Waals surface area contributed by atoms with Gasteiger partial charge in [-0.1, -0.05) is 13.0 Å². The first kappa shape index (κ1) is 9.53. The van der Waals surface area contributed by atoms with E-state index < -0.39 is 0 Å². The second-order valence-corrected chi connectivity index (χ2v) is 4.30. The molecule has 2 heteroatoms. The van der Waals surface area contributed by atoms with Gasteiger partial charge in [-0.3, -0.25) is 0 Å². The Morgan fingerprint density at radius 3 is 2.93 bits per heavy atom. The normalized spacial score (nSPS) is 18.7. The van der Waals surface area contributed by atoms with Crippen molar-refractivity contribution in [3.05, 3.63) is 29.8 Å². The highest BCUT2D eigenvalue weighted by atomic mass is 16.5. The molecule has 1 aliphatic heterocycles. The standard InChI is InChI=1S/C12H15O2/c1-10-4-3-5-11(6-10)14-9-12(2)7-13-8-12/h3,5-6H,7-9H2,1-2H3. The predicted molar refractivity (Wildman–Crippen MR) is 54.4 cm³/mol. The number of hydrogen-bond donors (Lipinski definition) is 0. The fraction of sp³-hybridized carbons (Fsp3) is 0.500. The third-order valence-corrected chi connectivity index (χ3v) is 2.41. The topological polar surface area (TPSA) is 18.5 Å². The van der Waals surface area contributed by atoms with Gasteiger partial charge in [-0.05, 0) is 30.7 Å². The molecule has 1 heterocycles. The second-order valence-electron chi connectivity index (χ2n) is 4.30. The molecule has 0 aromatic heterocycles. The Balaban J connectivity index is 1.91. The van der Waals surface area contributed by atoms with Crippen LogP contribution in [0.5, 0.6) is 5.75 Å². The van der Waals surface area contributed by atoms with Gasteiger partial charge in [0.1, 0.15) is 5.75 Å². The number of ether oxygens (including phenoxy) is 2. The minimum atomic E-state index is 0.216. The van der Waals surface area contributed by atoms with Crippen LogP contribution in [0, 0.1) is 18.4 Å². The lowest BCUT2D eigenvalue weighted by Gasteiger charge is -2.37. The summed E-state index contributed by atoms with van der Waals surface area (Å²) >= 11 is 0. The maximum absolute atomic E-state index is 5.69. The van der Waals surface area contributed by atoms with Crippen molar-refractivity contribution in [3.63, 3.8) is 0 Å². The minimum absolute atomic E-state index is 0.216. The second kappa shape index (κ2) is 3.62. The molecule has 1 aliphatic rings. The molecule has 1 fully saturated rings.